The molecular weight excluding hydrogens is 192 g/mol. The second-order valence-electron chi connectivity index (χ2n) is 4.11. The maximum Gasteiger partial charge on any atom is 0.411 e. The van der Waals surface area contributed by atoms with Crippen molar-refractivity contribution in [2.24, 2.45) is 5.41 Å². The summed E-state index contributed by atoms with van der Waals surface area (Å²) in [6, 6.07) is 0. The molecule has 0 unspecified atom stereocenters. The quantitative estimate of drug-likeness (QED) is 0.656. The van der Waals surface area contributed by atoms with Gasteiger partial charge in [-0.2, -0.15) is 0 Å². The Bertz CT molecular complexity index is 293. The number of amides is 1. The molecule has 0 aromatic carbocycles. The minimum atomic E-state index is -2.55. The molecule has 1 spiro atoms. The van der Waals surface area contributed by atoms with E-state index in [4.69, 9.17) is 5.11 Å². The molecule has 1 heterocycles. The van der Waals surface area contributed by atoms with Gasteiger partial charge in [0, 0.05) is 31.0 Å². The molecule has 0 bridgehead atoms. The molecule has 0 saturated heterocycles. The molecule has 3 nitrogen and oxygen atoms in total. The van der Waals surface area contributed by atoms with Crippen molar-refractivity contribution >= 4 is 6.09 Å². The molecule has 1 saturated carbocycles. The fourth-order valence-electron chi connectivity index (χ4n) is 2.18. The zero-order valence-corrected chi connectivity index (χ0v) is 7.54. The Morgan fingerprint density at radius 2 is 2.07 bits per heavy atom. The van der Waals surface area contributed by atoms with Crippen molar-refractivity contribution in [1.82, 2.24) is 4.90 Å². The van der Waals surface area contributed by atoms with E-state index in [2.05, 4.69) is 0 Å². The number of rotatable bonds is 0. The van der Waals surface area contributed by atoms with E-state index in [1.807, 2.05) is 0 Å². The molecule has 2 rings (SSSR count). The maximum atomic E-state index is 12.7. The predicted molar refractivity (Wildman–Crippen MR) is 45.1 cm³/mol. The predicted octanol–water partition coefficient (Wildman–Crippen LogP) is 2.30. The highest BCUT2D eigenvalue weighted by Gasteiger charge is 2.55. The van der Waals surface area contributed by atoms with Crippen LogP contribution in [-0.4, -0.2) is 28.6 Å². The smallest absolute Gasteiger partial charge is 0.411 e. The lowest BCUT2D eigenvalue weighted by Gasteiger charge is -2.48. The van der Waals surface area contributed by atoms with Crippen LogP contribution in [0.15, 0.2) is 12.3 Å². The Balaban J connectivity index is 2.02. The van der Waals surface area contributed by atoms with E-state index in [1.54, 1.807) is 6.08 Å². The summed E-state index contributed by atoms with van der Waals surface area (Å²) in [6.45, 7) is 0.321. The van der Waals surface area contributed by atoms with E-state index in [9.17, 15) is 13.6 Å². The fraction of sp³-hybridized carbons (Fsp3) is 0.667. The van der Waals surface area contributed by atoms with Gasteiger partial charge in [0.1, 0.15) is 0 Å². The normalized spacial score (nSPS) is 27.4. The molecule has 0 aromatic rings. The van der Waals surface area contributed by atoms with E-state index >= 15 is 0 Å². The Labute approximate surface area is 80.0 Å². The zero-order valence-electron chi connectivity index (χ0n) is 7.54. The van der Waals surface area contributed by atoms with E-state index in [0.717, 1.165) is 4.90 Å². The first-order chi connectivity index (χ1) is 6.43. The van der Waals surface area contributed by atoms with Gasteiger partial charge in [-0.25, -0.2) is 13.6 Å². The molecule has 1 fully saturated rings. The van der Waals surface area contributed by atoms with Crippen LogP contribution in [0.1, 0.15) is 19.3 Å². The second kappa shape index (κ2) is 2.68. The summed E-state index contributed by atoms with van der Waals surface area (Å²) >= 11 is 0. The molecule has 2 aliphatic rings. The second-order valence-corrected chi connectivity index (χ2v) is 4.11. The number of carboxylic acid groups (broad SMARTS) is 1. The molecular formula is C9H11F2NO2. The number of alkyl halides is 2. The van der Waals surface area contributed by atoms with Gasteiger partial charge in [-0.05, 0) is 6.42 Å². The van der Waals surface area contributed by atoms with Crippen molar-refractivity contribution in [3.63, 3.8) is 0 Å². The van der Waals surface area contributed by atoms with Crippen LogP contribution in [0.25, 0.3) is 0 Å². The van der Waals surface area contributed by atoms with Crippen LogP contribution in [-0.2, 0) is 0 Å². The molecule has 0 atom stereocenters. The molecule has 1 aliphatic heterocycles. The van der Waals surface area contributed by atoms with Crippen LogP contribution in [0, 0.1) is 5.41 Å². The third-order valence-electron chi connectivity index (χ3n) is 2.93. The Kier molecular flexibility index (Phi) is 1.81. The third kappa shape index (κ3) is 1.47. The largest absolute Gasteiger partial charge is 0.465 e. The Hall–Kier alpha value is -1.13. The van der Waals surface area contributed by atoms with Crippen molar-refractivity contribution in [2.45, 2.75) is 25.2 Å². The topological polar surface area (TPSA) is 40.5 Å². The number of allylic oxidation sites excluding steroid dienone is 1. The summed E-state index contributed by atoms with van der Waals surface area (Å²) in [4.78, 5) is 11.7. The van der Waals surface area contributed by atoms with Crippen LogP contribution in [0.2, 0.25) is 0 Å². The van der Waals surface area contributed by atoms with Crippen LogP contribution >= 0.6 is 0 Å². The van der Waals surface area contributed by atoms with Crippen molar-refractivity contribution < 1.29 is 18.7 Å². The summed E-state index contributed by atoms with van der Waals surface area (Å²) in [6.07, 6.45) is 2.23. The molecule has 1 N–H and O–H groups in total. The highest BCUT2D eigenvalue weighted by Crippen LogP contribution is 2.55. The van der Waals surface area contributed by atoms with Crippen molar-refractivity contribution in [1.29, 1.82) is 0 Å². The summed E-state index contributed by atoms with van der Waals surface area (Å²) < 4.78 is 25.3. The maximum absolute atomic E-state index is 12.7. The number of nitrogens with zero attached hydrogens (tertiary/aromatic N) is 1. The van der Waals surface area contributed by atoms with Gasteiger partial charge >= 0.3 is 6.09 Å². The van der Waals surface area contributed by atoms with Gasteiger partial charge in [-0.15, -0.1) is 0 Å². The number of halogens is 2. The van der Waals surface area contributed by atoms with Gasteiger partial charge < -0.3 is 5.11 Å². The third-order valence-corrected chi connectivity index (χ3v) is 2.93. The Morgan fingerprint density at radius 1 is 1.43 bits per heavy atom. The first-order valence-corrected chi connectivity index (χ1v) is 4.49. The van der Waals surface area contributed by atoms with Gasteiger partial charge in [0.2, 0.25) is 5.92 Å². The fourth-order valence-corrected chi connectivity index (χ4v) is 2.18. The highest BCUT2D eigenvalue weighted by atomic mass is 19.3. The monoisotopic (exact) mass is 203 g/mol. The number of hydrogen-bond donors (Lipinski definition) is 1. The van der Waals surface area contributed by atoms with Crippen molar-refractivity contribution in [3.05, 3.63) is 12.3 Å². The zero-order chi connectivity index (χ0) is 10.4. The van der Waals surface area contributed by atoms with Crippen LogP contribution < -0.4 is 0 Å². The first kappa shape index (κ1) is 9.43. The van der Waals surface area contributed by atoms with Crippen molar-refractivity contribution in [3.8, 4) is 0 Å². The van der Waals surface area contributed by atoms with Gasteiger partial charge in [0.15, 0.2) is 0 Å². The summed E-state index contributed by atoms with van der Waals surface area (Å²) in [5, 5.41) is 8.63. The van der Waals surface area contributed by atoms with Crippen molar-refractivity contribution in [2.75, 3.05) is 6.54 Å². The lowest BCUT2D eigenvalue weighted by atomic mass is 9.63. The van der Waals surface area contributed by atoms with Crippen LogP contribution in [0.5, 0.6) is 0 Å². The average molecular weight is 203 g/mol. The van der Waals surface area contributed by atoms with E-state index in [-0.39, 0.29) is 12.8 Å². The molecule has 14 heavy (non-hydrogen) atoms. The summed E-state index contributed by atoms with van der Waals surface area (Å²) in [5.41, 5.74) is -0.435. The lowest BCUT2D eigenvalue weighted by molar-refractivity contribution is -0.146. The minimum absolute atomic E-state index is 0.135. The van der Waals surface area contributed by atoms with Gasteiger partial charge in [-0.3, -0.25) is 4.90 Å². The standard InChI is InChI=1S/C9H11F2NO2/c10-9(11)5-8(6-9)1-3-12(4-2-8)7(13)14/h1,3H,2,4-6H2,(H,13,14). The van der Waals surface area contributed by atoms with Gasteiger partial charge in [0.25, 0.3) is 0 Å². The SMILES string of the molecule is O=C(O)N1C=CC2(CC1)CC(F)(F)C2. The summed E-state index contributed by atoms with van der Waals surface area (Å²) in [5.74, 6) is -2.55. The van der Waals surface area contributed by atoms with Gasteiger partial charge in [0.05, 0.1) is 0 Å². The molecule has 1 amide bonds. The number of hydrogen-bond acceptors (Lipinski definition) is 1. The van der Waals surface area contributed by atoms with E-state index in [1.165, 1.54) is 6.20 Å². The summed E-state index contributed by atoms with van der Waals surface area (Å²) in [7, 11) is 0. The first-order valence-electron chi connectivity index (χ1n) is 4.49. The Morgan fingerprint density at radius 3 is 2.43 bits per heavy atom. The van der Waals surface area contributed by atoms with Crippen LogP contribution in [0.3, 0.4) is 0 Å². The molecule has 0 radical (unpaired) electrons. The highest BCUT2D eigenvalue weighted by molar-refractivity contribution is 5.66. The van der Waals surface area contributed by atoms with E-state index in [0.29, 0.717) is 13.0 Å². The minimum Gasteiger partial charge on any atom is -0.465 e. The number of carbonyl (C=O) groups is 1. The van der Waals surface area contributed by atoms with Gasteiger partial charge in [-0.1, -0.05) is 6.08 Å². The molecule has 5 heteroatoms. The van der Waals surface area contributed by atoms with Crippen LogP contribution in [0.4, 0.5) is 13.6 Å². The average Bonchev–Trinajstić information content (AvgIpc) is 2.01. The molecule has 0 aromatic heterocycles. The molecule has 1 aliphatic carbocycles. The molecule has 78 valence electrons. The van der Waals surface area contributed by atoms with E-state index < -0.39 is 17.4 Å². The lowest BCUT2D eigenvalue weighted by Crippen LogP contribution is -2.48.